The van der Waals surface area contributed by atoms with Gasteiger partial charge in [-0.2, -0.15) is 0 Å². The molecule has 11 heavy (non-hydrogen) atoms. The number of carbonyl (C=O) groups is 2. The molecule has 0 spiro atoms. The number of rotatable bonds is 0. The second-order valence-corrected chi connectivity index (χ2v) is 2.43. The van der Waals surface area contributed by atoms with Crippen LogP contribution in [0, 0.1) is 6.92 Å². The van der Waals surface area contributed by atoms with Crippen LogP contribution in [0.15, 0.2) is 4.42 Å². The van der Waals surface area contributed by atoms with E-state index in [0.717, 1.165) is 0 Å². The van der Waals surface area contributed by atoms with Gasteiger partial charge in [0.05, 0.1) is 6.42 Å². The summed E-state index contributed by atoms with van der Waals surface area (Å²) in [6.45, 7) is 1.61. The maximum atomic E-state index is 10.9. The predicted molar refractivity (Wildman–Crippen MR) is 34.5 cm³/mol. The molecule has 4 heteroatoms. The van der Waals surface area contributed by atoms with Crippen LogP contribution >= 0.6 is 0 Å². The monoisotopic (exact) mass is 151 g/mol. The molecule has 0 unspecified atom stereocenters. The van der Waals surface area contributed by atoms with E-state index in [4.69, 9.17) is 4.42 Å². The van der Waals surface area contributed by atoms with Crippen molar-refractivity contribution in [1.29, 1.82) is 0 Å². The maximum Gasteiger partial charge on any atom is 0.208 e. The Hall–Kier alpha value is -1.45. The number of Topliss-reactive ketones (excluding diaryl/α,β-unsaturated/α-hetero) is 2. The Morgan fingerprint density at radius 1 is 1.36 bits per heavy atom. The summed E-state index contributed by atoms with van der Waals surface area (Å²) in [5, 5.41) is 0. The van der Waals surface area contributed by atoms with E-state index < -0.39 is 0 Å². The number of nitrogens with zero attached hydrogens (tertiary/aromatic N) is 1. The zero-order valence-electron chi connectivity index (χ0n) is 5.88. The molecule has 0 N–H and O–H groups in total. The van der Waals surface area contributed by atoms with Crippen LogP contribution in [0.1, 0.15) is 33.4 Å². The van der Waals surface area contributed by atoms with Crippen LogP contribution in [0.5, 0.6) is 0 Å². The van der Waals surface area contributed by atoms with Crippen LogP contribution in [0.2, 0.25) is 0 Å². The molecular weight excluding hydrogens is 146 g/mol. The minimum Gasteiger partial charge on any atom is -0.437 e. The van der Waals surface area contributed by atoms with Gasteiger partial charge in [-0.1, -0.05) is 0 Å². The SMILES string of the molecule is Cc1nc2c(o1)C(=O)CC2=O. The zero-order chi connectivity index (χ0) is 8.01. The van der Waals surface area contributed by atoms with Crippen molar-refractivity contribution >= 4 is 11.6 Å². The van der Waals surface area contributed by atoms with Crippen LogP contribution in [-0.2, 0) is 0 Å². The molecule has 0 saturated carbocycles. The largest absolute Gasteiger partial charge is 0.437 e. The normalized spacial score (nSPS) is 15.7. The van der Waals surface area contributed by atoms with Gasteiger partial charge in [0, 0.05) is 6.92 Å². The summed E-state index contributed by atoms with van der Waals surface area (Å²) < 4.78 is 4.93. The molecule has 4 nitrogen and oxygen atoms in total. The first-order chi connectivity index (χ1) is 5.18. The van der Waals surface area contributed by atoms with Crippen LogP contribution in [-0.4, -0.2) is 16.6 Å². The van der Waals surface area contributed by atoms with Crippen molar-refractivity contribution in [2.24, 2.45) is 0 Å². The summed E-state index contributed by atoms with van der Waals surface area (Å²) in [5.74, 6) is 0.0105. The average Bonchev–Trinajstić information content (AvgIpc) is 2.38. The molecule has 0 amide bonds. The standard InChI is InChI=1S/C7H5NO3/c1-3-8-6-4(9)2-5(10)7(6)11-3/h2H2,1H3. The molecular formula is C7H5NO3. The Kier molecular flexibility index (Phi) is 1.01. The molecule has 56 valence electrons. The molecule has 1 heterocycles. The molecule has 1 aromatic heterocycles. The minimum atomic E-state index is -0.259. The summed E-state index contributed by atoms with van der Waals surface area (Å²) in [7, 11) is 0. The Labute approximate surface area is 62.2 Å². The second-order valence-electron chi connectivity index (χ2n) is 2.43. The second kappa shape index (κ2) is 1.78. The number of aromatic nitrogens is 1. The van der Waals surface area contributed by atoms with Gasteiger partial charge in [-0.05, 0) is 0 Å². The van der Waals surface area contributed by atoms with Crippen LogP contribution in [0.4, 0.5) is 0 Å². The Morgan fingerprint density at radius 3 is 2.73 bits per heavy atom. The van der Waals surface area contributed by atoms with E-state index in [1.165, 1.54) is 0 Å². The highest BCUT2D eigenvalue weighted by molar-refractivity contribution is 6.21. The zero-order valence-corrected chi connectivity index (χ0v) is 5.88. The first-order valence-electron chi connectivity index (χ1n) is 3.22. The Balaban J connectivity index is 2.67. The number of oxazole rings is 1. The van der Waals surface area contributed by atoms with Gasteiger partial charge < -0.3 is 4.42 Å². The first kappa shape index (κ1) is 6.27. The van der Waals surface area contributed by atoms with Crippen molar-refractivity contribution in [1.82, 2.24) is 4.98 Å². The average molecular weight is 151 g/mol. The quantitative estimate of drug-likeness (QED) is 0.513. The lowest BCUT2D eigenvalue weighted by Crippen LogP contribution is -1.94. The number of aryl methyl sites for hydroxylation is 1. The number of hydrogen-bond donors (Lipinski definition) is 0. The van der Waals surface area contributed by atoms with Crippen molar-refractivity contribution in [3.05, 3.63) is 17.3 Å². The van der Waals surface area contributed by atoms with E-state index in [-0.39, 0.29) is 29.4 Å². The molecule has 0 saturated heterocycles. The van der Waals surface area contributed by atoms with Crippen LogP contribution < -0.4 is 0 Å². The highest BCUT2D eigenvalue weighted by Gasteiger charge is 2.33. The van der Waals surface area contributed by atoms with Gasteiger partial charge >= 0.3 is 0 Å². The lowest BCUT2D eigenvalue weighted by molar-refractivity contribution is 0.0908. The van der Waals surface area contributed by atoms with E-state index in [1.54, 1.807) is 6.92 Å². The van der Waals surface area contributed by atoms with E-state index in [1.807, 2.05) is 0 Å². The third-order valence-electron chi connectivity index (χ3n) is 1.57. The number of hydrogen-bond acceptors (Lipinski definition) is 4. The topological polar surface area (TPSA) is 60.2 Å². The summed E-state index contributed by atoms with van der Waals surface area (Å²) >= 11 is 0. The van der Waals surface area contributed by atoms with Gasteiger partial charge in [0.1, 0.15) is 0 Å². The summed E-state index contributed by atoms with van der Waals surface area (Å²) in [6.07, 6.45) is -0.0819. The smallest absolute Gasteiger partial charge is 0.208 e. The van der Waals surface area contributed by atoms with Crippen molar-refractivity contribution < 1.29 is 14.0 Å². The maximum absolute atomic E-state index is 10.9. The van der Waals surface area contributed by atoms with Crippen molar-refractivity contribution in [3.8, 4) is 0 Å². The summed E-state index contributed by atoms with van der Waals surface area (Å²) in [4.78, 5) is 25.7. The fourth-order valence-electron chi connectivity index (χ4n) is 1.11. The number of ketones is 2. The van der Waals surface area contributed by atoms with Crippen molar-refractivity contribution in [2.75, 3.05) is 0 Å². The van der Waals surface area contributed by atoms with Crippen LogP contribution in [0.3, 0.4) is 0 Å². The molecule has 2 rings (SSSR count). The Bertz CT molecular complexity index is 319. The number of carbonyl (C=O) groups excluding carboxylic acids is 2. The Morgan fingerprint density at radius 2 is 2.09 bits per heavy atom. The summed E-state index contributed by atoms with van der Waals surface area (Å²) in [5.41, 5.74) is 0.201. The first-order valence-corrected chi connectivity index (χ1v) is 3.22. The minimum absolute atomic E-state index is 0.0819. The molecule has 0 radical (unpaired) electrons. The third-order valence-corrected chi connectivity index (χ3v) is 1.57. The molecule has 0 fully saturated rings. The molecule has 1 aliphatic rings. The number of fused-ring (bicyclic) bond motifs is 1. The fourth-order valence-corrected chi connectivity index (χ4v) is 1.11. The van der Waals surface area contributed by atoms with Gasteiger partial charge in [-0.25, -0.2) is 4.98 Å². The molecule has 0 bridgehead atoms. The molecule has 0 aliphatic heterocycles. The molecule has 1 aromatic rings. The van der Waals surface area contributed by atoms with E-state index in [0.29, 0.717) is 5.89 Å². The summed E-state index contributed by atoms with van der Waals surface area (Å²) in [6, 6.07) is 0. The fraction of sp³-hybridized carbons (Fsp3) is 0.286. The predicted octanol–water partition coefficient (Wildman–Crippen LogP) is 0.752. The molecule has 0 aromatic carbocycles. The highest BCUT2D eigenvalue weighted by Crippen LogP contribution is 2.21. The van der Waals surface area contributed by atoms with Gasteiger partial charge in [-0.15, -0.1) is 0 Å². The van der Waals surface area contributed by atoms with E-state index in [2.05, 4.69) is 4.98 Å². The lowest BCUT2D eigenvalue weighted by atomic mass is 10.3. The third kappa shape index (κ3) is 0.721. The van der Waals surface area contributed by atoms with Gasteiger partial charge in [0.15, 0.2) is 17.4 Å². The lowest BCUT2D eigenvalue weighted by Gasteiger charge is -1.81. The van der Waals surface area contributed by atoms with Gasteiger partial charge in [0.2, 0.25) is 11.5 Å². The molecule has 1 aliphatic carbocycles. The van der Waals surface area contributed by atoms with Crippen molar-refractivity contribution in [2.45, 2.75) is 13.3 Å². The van der Waals surface area contributed by atoms with Gasteiger partial charge in [-0.3, -0.25) is 9.59 Å². The molecule has 0 atom stereocenters. The van der Waals surface area contributed by atoms with E-state index in [9.17, 15) is 9.59 Å². The van der Waals surface area contributed by atoms with Gasteiger partial charge in [0.25, 0.3) is 0 Å². The van der Waals surface area contributed by atoms with E-state index >= 15 is 0 Å². The van der Waals surface area contributed by atoms with Crippen molar-refractivity contribution in [3.63, 3.8) is 0 Å². The van der Waals surface area contributed by atoms with Crippen LogP contribution in [0.25, 0.3) is 0 Å². The highest BCUT2D eigenvalue weighted by atomic mass is 16.4.